The summed E-state index contributed by atoms with van der Waals surface area (Å²) < 4.78 is 0. The second-order valence-electron chi connectivity index (χ2n) is 6.52. The number of rotatable bonds is 6. The third-order valence-electron chi connectivity index (χ3n) is 4.84. The molecule has 0 bridgehead atoms. The number of likely N-dealkylation sites (tertiary alicyclic amines) is 1. The average molecular weight is 383 g/mol. The summed E-state index contributed by atoms with van der Waals surface area (Å²) in [5.41, 5.74) is 0. The molecule has 24 heavy (non-hydrogen) atoms. The molecule has 3 N–H and O–H groups in total. The van der Waals surface area contributed by atoms with Gasteiger partial charge in [-0.15, -0.1) is 24.8 Å². The predicted octanol–water partition coefficient (Wildman–Crippen LogP) is 0.936. The van der Waals surface area contributed by atoms with Crippen LogP contribution in [0.3, 0.4) is 0 Å². The number of piperidine rings is 2. The van der Waals surface area contributed by atoms with Crippen LogP contribution in [0, 0.1) is 5.92 Å². The van der Waals surface area contributed by atoms with E-state index in [1.165, 1.54) is 12.8 Å². The molecule has 2 rings (SSSR count). The molecule has 142 valence electrons. The number of hydrogen-bond acceptors (Lipinski definition) is 4. The molecule has 2 fully saturated rings. The van der Waals surface area contributed by atoms with Crippen LogP contribution in [0.2, 0.25) is 0 Å². The molecule has 2 aliphatic rings. The molecule has 0 aromatic carbocycles. The van der Waals surface area contributed by atoms with E-state index < -0.39 is 0 Å². The lowest BCUT2D eigenvalue weighted by atomic mass is 9.93. The molecule has 2 saturated heterocycles. The van der Waals surface area contributed by atoms with E-state index in [9.17, 15) is 9.59 Å². The third kappa shape index (κ3) is 8.51. The number of carbonyl (C=O) groups excluding carboxylic acids is 2. The number of halogens is 2. The molecule has 0 aromatic rings. The van der Waals surface area contributed by atoms with Gasteiger partial charge in [-0.25, -0.2) is 0 Å². The Kier molecular flexibility index (Phi) is 12.5. The van der Waals surface area contributed by atoms with Crippen molar-refractivity contribution in [2.45, 2.75) is 44.6 Å². The van der Waals surface area contributed by atoms with Crippen molar-refractivity contribution >= 4 is 36.6 Å². The summed E-state index contributed by atoms with van der Waals surface area (Å²) in [7, 11) is 1.66. The highest BCUT2D eigenvalue weighted by atomic mass is 35.5. The molecule has 2 aliphatic heterocycles. The number of carbonyl (C=O) groups is 2. The van der Waals surface area contributed by atoms with E-state index in [1.807, 2.05) is 0 Å². The molecule has 8 heteroatoms. The van der Waals surface area contributed by atoms with Crippen molar-refractivity contribution < 1.29 is 9.59 Å². The lowest BCUT2D eigenvalue weighted by molar-refractivity contribution is -0.124. The van der Waals surface area contributed by atoms with Crippen molar-refractivity contribution in [1.82, 2.24) is 20.9 Å². The van der Waals surface area contributed by atoms with Crippen molar-refractivity contribution in [2.75, 3.05) is 39.8 Å². The van der Waals surface area contributed by atoms with E-state index in [1.54, 1.807) is 7.05 Å². The molecule has 0 radical (unpaired) electrons. The number of hydrogen-bond donors (Lipinski definition) is 3. The largest absolute Gasteiger partial charge is 0.358 e. The van der Waals surface area contributed by atoms with Gasteiger partial charge in [0.2, 0.25) is 11.8 Å². The second-order valence-corrected chi connectivity index (χ2v) is 6.52. The molecule has 0 spiro atoms. The van der Waals surface area contributed by atoms with Crippen molar-refractivity contribution in [2.24, 2.45) is 5.92 Å². The Labute approximate surface area is 157 Å². The Bertz CT molecular complexity index is 371. The summed E-state index contributed by atoms with van der Waals surface area (Å²) in [4.78, 5) is 25.6. The van der Waals surface area contributed by atoms with Gasteiger partial charge in [0, 0.05) is 32.6 Å². The van der Waals surface area contributed by atoms with E-state index in [2.05, 4.69) is 20.9 Å². The van der Waals surface area contributed by atoms with Crippen LogP contribution in [0.1, 0.15) is 38.5 Å². The minimum atomic E-state index is 0. The number of likely N-dealkylation sites (N-methyl/N-ethyl adjacent to an activating group) is 1. The topological polar surface area (TPSA) is 73.5 Å². The smallest absolute Gasteiger partial charge is 0.233 e. The first-order valence-electron chi connectivity index (χ1n) is 8.60. The van der Waals surface area contributed by atoms with E-state index in [0.29, 0.717) is 18.9 Å². The first-order chi connectivity index (χ1) is 10.7. The molecule has 0 atom stereocenters. The summed E-state index contributed by atoms with van der Waals surface area (Å²) in [6.07, 6.45) is 5.95. The van der Waals surface area contributed by atoms with Crippen LogP contribution < -0.4 is 16.0 Å². The first kappa shape index (κ1) is 23.4. The third-order valence-corrected chi connectivity index (χ3v) is 4.84. The first-order valence-corrected chi connectivity index (χ1v) is 8.60. The number of nitrogens with one attached hydrogen (secondary N) is 3. The maximum Gasteiger partial charge on any atom is 0.233 e. The van der Waals surface area contributed by atoms with Crippen molar-refractivity contribution in [1.29, 1.82) is 0 Å². The molecule has 6 nitrogen and oxygen atoms in total. The summed E-state index contributed by atoms with van der Waals surface area (Å²) in [5, 5.41) is 9.17. The Balaban J connectivity index is 0.00000264. The minimum absolute atomic E-state index is 0. The molecule has 2 heterocycles. The predicted molar refractivity (Wildman–Crippen MR) is 101 cm³/mol. The summed E-state index contributed by atoms with van der Waals surface area (Å²) in [5.74, 6) is 0.967. The van der Waals surface area contributed by atoms with Crippen LogP contribution >= 0.6 is 24.8 Å². The summed E-state index contributed by atoms with van der Waals surface area (Å²) in [6, 6.07) is 0.279. The van der Waals surface area contributed by atoms with Gasteiger partial charge in [0.15, 0.2) is 0 Å². The van der Waals surface area contributed by atoms with Gasteiger partial charge in [-0.3, -0.25) is 14.5 Å². The number of nitrogens with zero attached hydrogens (tertiary/aromatic N) is 1. The maximum absolute atomic E-state index is 12.1. The average Bonchev–Trinajstić information content (AvgIpc) is 2.55. The molecule has 0 aromatic heterocycles. The molecule has 0 saturated carbocycles. The standard InChI is InChI=1S/C16H30N4O2.2ClH/c1-17-16(22)12-20-10-6-14(7-11-20)19-15(21)3-2-13-4-8-18-9-5-13;;/h13-14,18H,2-12H2,1H3,(H,17,22)(H,19,21);2*1H. The van der Waals surface area contributed by atoms with Crippen molar-refractivity contribution in [3.05, 3.63) is 0 Å². The van der Waals surface area contributed by atoms with Crippen LogP contribution in [0.25, 0.3) is 0 Å². The molecule has 0 unspecified atom stereocenters. The van der Waals surface area contributed by atoms with Crippen LogP contribution in [0.15, 0.2) is 0 Å². The van der Waals surface area contributed by atoms with Gasteiger partial charge >= 0.3 is 0 Å². The molecular formula is C16H32Cl2N4O2. The fraction of sp³-hybridized carbons (Fsp3) is 0.875. The fourth-order valence-corrected chi connectivity index (χ4v) is 3.32. The Morgan fingerprint density at radius 3 is 2.25 bits per heavy atom. The monoisotopic (exact) mass is 382 g/mol. The SMILES string of the molecule is CNC(=O)CN1CCC(NC(=O)CCC2CCNCC2)CC1.Cl.Cl. The number of amides is 2. The second kappa shape index (κ2) is 12.8. The zero-order chi connectivity index (χ0) is 15.8. The van der Waals surface area contributed by atoms with Gasteiger partial charge in [-0.05, 0) is 51.1 Å². The zero-order valence-corrected chi connectivity index (χ0v) is 16.1. The Morgan fingerprint density at radius 1 is 1.04 bits per heavy atom. The van der Waals surface area contributed by atoms with Crippen LogP contribution in [-0.4, -0.2) is 62.5 Å². The van der Waals surface area contributed by atoms with Crippen molar-refractivity contribution in [3.8, 4) is 0 Å². The fourth-order valence-electron chi connectivity index (χ4n) is 3.32. The summed E-state index contributed by atoms with van der Waals surface area (Å²) in [6.45, 7) is 4.42. The quantitative estimate of drug-likeness (QED) is 0.638. The van der Waals surface area contributed by atoms with Gasteiger partial charge < -0.3 is 16.0 Å². The van der Waals surface area contributed by atoms with Crippen molar-refractivity contribution in [3.63, 3.8) is 0 Å². The highest BCUT2D eigenvalue weighted by molar-refractivity contribution is 5.85. The van der Waals surface area contributed by atoms with Gasteiger partial charge in [0.1, 0.15) is 0 Å². The van der Waals surface area contributed by atoms with Gasteiger partial charge in [-0.2, -0.15) is 0 Å². The Morgan fingerprint density at radius 2 is 1.67 bits per heavy atom. The van der Waals surface area contributed by atoms with Gasteiger partial charge in [0.25, 0.3) is 0 Å². The maximum atomic E-state index is 12.1. The van der Waals surface area contributed by atoms with Crippen LogP contribution in [0.5, 0.6) is 0 Å². The van der Waals surface area contributed by atoms with Crippen LogP contribution in [-0.2, 0) is 9.59 Å². The zero-order valence-electron chi connectivity index (χ0n) is 14.5. The van der Waals surface area contributed by atoms with Gasteiger partial charge in [-0.1, -0.05) is 0 Å². The van der Waals surface area contributed by atoms with E-state index in [4.69, 9.17) is 0 Å². The minimum Gasteiger partial charge on any atom is -0.358 e. The lowest BCUT2D eigenvalue weighted by Gasteiger charge is -2.32. The summed E-state index contributed by atoms with van der Waals surface area (Å²) >= 11 is 0. The molecule has 0 aliphatic carbocycles. The van der Waals surface area contributed by atoms with E-state index in [0.717, 1.165) is 45.4 Å². The molecular weight excluding hydrogens is 351 g/mol. The highest BCUT2D eigenvalue weighted by Crippen LogP contribution is 2.18. The highest BCUT2D eigenvalue weighted by Gasteiger charge is 2.22. The normalized spacial score (nSPS) is 19.7. The Hall–Kier alpha value is -0.560. The molecule has 2 amide bonds. The van der Waals surface area contributed by atoms with Gasteiger partial charge in [0.05, 0.1) is 6.54 Å². The van der Waals surface area contributed by atoms with Crippen LogP contribution in [0.4, 0.5) is 0 Å². The van der Waals surface area contributed by atoms with E-state index in [-0.39, 0.29) is 42.7 Å². The lowest BCUT2D eigenvalue weighted by Crippen LogP contribution is -2.47. The van der Waals surface area contributed by atoms with E-state index >= 15 is 0 Å².